The van der Waals surface area contributed by atoms with Gasteiger partial charge in [0.25, 0.3) is 0 Å². The molecule has 0 N–H and O–H groups in total. The Bertz CT molecular complexity index is 410. The molecule has 0 saturated heterocycles. The quantitative estimate of drug-likeness (QED) is 0.403. The Morgan fingerprint density at radius 1 is 0.880 bits per heavy atom. The number of unbranched alkanes of at least 4 members (excludes halogenated alkanes) is 2. The van der Waals surface area contributed by atoms with Gasteiger partial charge in [-0.15, -0.1) is 0 Å². The summed E-state index contributed by atoms with van der Waals surface area (Å²) in [5, 5.41) is 0. The minimum atomic E-state index is 0.142. The molecule has 3 saturated carbocycles. The molecule has 3 rings (SSSR count). The molecule has 2 heteroatoms. The molecule has 0 aliphatic heterocycles. The molecule has 3 aliphatic rings. The summed E-state index contributed by atoms with van der Waals surface area (Å²) < 4.78 is 5.91. The van der Waals surface area contributed by atoms with E-state index in [0.717, 1.165) is 49.4 Å². The van der Waals surface area contributed by atoms with Crippen molar-refractivity contribution in [1.82, 2.24) is 0 Å². The third kappa shape index (κ3) is 5.47. The molecule has 25 heavy (non-hydrogen) atoms. The van der Waals surface area contributed by atoms with Crippen LogP contribution in [0.15, 0.2) is 0 Å². The molecule has 2 nitrogen and oxygen atoms in total. The summed E-state index contributed by atoms with van der Waals surface area (Å²) in [6.07, 6.45) is 18.2. The van der Waals surface area contributed by atoms with E-state index < -0.39 is 0 Å². The van der Waals surface area contributed by atoms with Crippen LogP contribution in [0, 0.1) is 29.6 Å². The van der Waals surface area contributed by atoms with Gasteiger partial charge in [0.15, 0.2) is 0 Å². The number of hydrogen-bond acceptors (Lipinski definition) is 2. The third-order valence-electron chi connectivity index (χ3n) is 7.52. The van der Waals surface area contributed by atoms with Crippen molar-refractivity contribution in [3.8, 4) is 0 Å². The second-order valence-corrected chi connectivity index (χ2v) is 9.52. The minimum absolute atomic E-state index is 0.142. The number of hydrogen-bond donors (Lipinski definition) is 0. The van der Waals surface area contributed by atoms with Crippen LogP contribution in [0.2, 0.25) is 0 Å². The fraction of sp³-hybridized carbons (Fsp3) is 0.957. The maximum absolute atomic E-state index is 12.6. The van der Waals surface area contributed by atoms with Gasteiger partial charge in [-0.3, -0.25) is 4.79 Å². The highest BCUT2D eigenvalue weighted by molar-refractivity contribution is 5.72. The van der Waals surface area contributed by atoms with E-state index in [1.165, 1.54) is 64.2 Å². The summed E-state index contributed by atoms with van der Waals surface area (Å²) in [7, 11) is 0. The molecule has 3 aliphatic carbocycles. The highest BCUT2D eigenvalue weighted by Crippen LogP contribution is 2.46. The van der Waals surface area contributed by atoms with Gasteiger partial charge < -0.3 is 4.74 Å². The fourth-order valence-corrected chi connectivity index (χ4v) is 5.75. The first-order valence-electron chi connectivity index (χ1n) is 11.4. The molecule has 3 fully saturated rings. The second-order valence-electron chi connectivity index (χ2n) is 9.52. The highest BCUT2D eigenvalue weighted by Gasteiger charge is 2.38. The van der Waals surface area contributed by atoms with Crippen molar-refractivity contribution in [2.45, 2.75) is 110 Å². The smallest absolute Gasteiger partial charge is 0.309 e. The lowest BCUT2D eigenvalue weighted by molar-refractivity contribution is -0.158. The third-order valence-corrected chi connectivity index (χ3v) is 7.52. The van der Waals surface area contributed by atoms with E-state index in [4.69, 9.17) is 4.74 Å². The van der Waals surface area contributed by atoms with Crippen LogP contribution in [0.25, 0.3) is 0 Å². The van der Waals surface area contributed by atoms with E-state index in [-0.39, 0.29) is 18.0 Å². The molecule has 0 heterocycles. The van der Waals surface area contributed by atoms with Gasteiger partial charge in [-0.2, -0.15) is 0 Å². The van der Waals surface area contributed by atoms with Crippen molar-refractivity contribution in [2.75, 3.05) is 0 Å². The summed E-state index contributed by atoms with van der Waals surface area (Å²) in [6, 6.07) is 0. The average molecular weight is 349 g/mol. The maximum atomic E-state index is 12.6. The Kier molecular flexibility index (Phi) is 7.25. The largest absolute Gasteiger partial charge is 0.462 e. The Morgan fingerprint density at radius 2 is 1.60 bits per heavy atom. The lowest BCUT2D eigenvalue weighted by Crippen LogP contribution is -2.36. The Hall–Kier alpha value is -0.530. The van der Waals surface area contributed by atoms with E-state index in [1.54, 1.807) is 0 Å². The summed E-state index contributed by atoms with van der Waals surface area (Å²) >= 11 is 0. The van der Waals surface area contributed by atoms with Crippen LogP contribution in [0.4, 0.5) is 0 Å². The van der Waals surface area contributed by atoms with Crippen molar-refractivity contribution in [1.29, 1.82) is 0 Å². The van der Waals surface area contributed by atoms with Crippen LogP contribution < -0.4 is 0 Å². The maximum Gasteiger partial charge on any atom is 0.309 e. The molecule has 144 valence electrons. The molecule has 0 aromatic heterocycles. The number of ether oxygens (including phenoxy) is 1. The standard InChI is InChI=1S/C23H40O2/c1-3-4-5-6-18-9-10-20-16-21(12-11-19(20)15-18)23(24)25-22-13-7-17(2)8-14-22/h17-22H,3-16H2,1-2H3. The number of rotatable bonds is 6. The number of esters is 1. The predicted molar refractivity (Wildman–Crippen MR) is 103 cm³/mol. The van der Waals surface area contributed by atoms with Crippen molar-refractivity contribution in [2.24, 2.45) is 29.6 Å². The van der Waals surface area contributed by atoms with Gasteiger partial charge in [-0.05, 0) is 81.5 Å². The molecular formula is C23H40O2. The topological polar surface area (TPSA) is 26.3 Å². The van der Waals surface area contributed by atoms with Crippen molar-refractivity contribution in [3.05, 3.63) is 0 Å². The molecule has 4 unspecified atom stereocenters. The van der Waals surface area contributed by atoms with Gasteiger partial charge in [-0.1, -0.05) is 46.0 Å². The zero-order valence-electron chi connectivity index (χ0n) is 16.7. The van der Waals surface area contributed by atoms with E-state index in [0.29, 0.717) is 0 Å². The van der Waals surface area contributed by atoms with E-state index in [2.05, 4.69) is 13.8 Å². The van der Waals surface area contributed by atoms with Gasteiger partial charge in [-0.25, -0.2) is 0 Å². The van der Waals surface area contributed by atoms with Gasteiger partial charge in [0.2, 0.25) is 0 Å². The Labute approximate surface area is 155 Å². The van der Waals surface area contributed by atoms with E-state index in [9.17, 15) is 4.79 Å². The molecule has 0 bridgehead atoms. The van der Waals surface area contributed by atoms with Gasteiger partial charge in [0, 0.05) is 0 Å². The molecule has 0 radical (unpaired) electrons. The average Bonchev–Trinajstić information content (AvgIpc) is 2.63. The number of carbonyl (C=O) groups is 1. The Balaban J connectivity index is 1.40. The van der Waals surface area contributed by atoms with E-state index in [1.807, 2.05) is 0 Å². The SMILES string of the molecule is CCCCCC1CCC2CC(C(=O)OC3CCC(C)CC3)CCC2C1. The van der Waals surface area contributed by atoms with Crippen LogP contribution in [-0.4, -0.2) is 12.1 Å². The fourth-order valence-electron chi connectivity index (χ4n) is 5.75. The number of carbonyl (C=O) groups excluding carboxylic acids is 1. The predicted octanol–water partition coefficient (Wildman–Crippen LogP) is 6.52. The van der Waals surface area contributed by atoms with Crippen LogP contribution in [0.3, 0.4) is 0 Å². The lowest BCUT2D eigenvalue weighted by atomic mass is 9.64. The Morgan fingerprint density at radius 3 is 2.36 bits per heavy atom. The molecule has 0 amide bonds. The zero-order valence-corrected chi connectivity index (χ0v) is 16.7. The van der Waals surface area contributed by atoms with Crippen LogP contribution in [-0.2, 0) is 9.53 Å². The van der Waals surface area contributed by atoms with Crippen LogP contribution in [0.5, 0.6) is 0 Å². The first-order valence-corrected chi connectivity index (χ1v) is 11.4. The van der Waals surface area contributed by atoms with Crippen molar-refractivity contribution < 1.29 is 9.53 Å². The zero-order chi connectivity index (χ0) is 17.6. The summed E-state index contributed by atoms with van der Waals surface area (Å²) in [5.74, 6) is 3.85. The monoisotopic (exact) mass is 348 g/mol. The first kappa shape index (κ1) is 19.2. The molecule has 4 atom stereocenters. The molecule has 0 spiro atoms. The van der Waals surface area contributed by atoms with Crippen LogP contribution in [0.1, 0.15) is 104 Å². The molecule has 0 aromatic rings. The minimum Gasteiger partial charge on any atom is -0.462 e. The number of fused-ring (bicyclic) bond motifs is 1. The summed E-state index contributed by atoms with van der Waals surface area (Å²) in [6.45, 7) is 4.61. The molecule has 0 aromatic carbocycles. The summed E-state index contributed by atoms with van der Waals surface area (Å²) in [5.41, 5.74) is 0. The summed E-state index contributed by atoms with van der Waals surface area (Å²) in [4.78, 5) is 12.6. The van der Waals surface area contributed by atoms with Crippen LogP contribution >= 0.6 is 0 Å². The lowest BCUT2D eigenvalue weighted by Gasteiger charge is -2.42. The molecular weight excluding hydrogens is 308 g/mol. The normalized spacial score (nSPS) is 38.8. The van der Waals surface area contributed by atoms with E-state index >= 15 is 0 Å². The second kappa shape index (κ2) is 9.42. The van der Waals surface area contributed by atoms with Gasteiger partial charge in [0.1, 0.15) is 6.10 Å². The van der Waals surface area contributed by atoms with Crippen molar-refractivity contribution >= 4 is 5.97 Å². The highest BCUT2D eigenvalue weighted by atomic mass is 16.5. The van der Waals surface area contributed by atoms with Gasteiger partial charge in [0.05, 0.1) is 5.92 Å². The van der Waals surface area contributed by atoms with Crippen molar-refractivity contribution in [3.63, 3.8) is 0 Å². The first-order chi connectivity index (χ1) is 12.2. The van der Waals surface area contributed by atoms with Gasteiger partial charge >= 0.3 is 5.97 Å².